The molecule has 0 spiro atoms. The summed E-state index contributed by atoms with van der Waals surface area (Å²) < 4.78 is 67.6. The molecule has 11 heteroatoms. The van der Waals surface area contributed by atoms with Crippen molar-refractivity contribution in [2.45, 2.75) is 32.5 Å². The van der Waals surface area contributed by atoms with Crippen molar-refractivity contribution >= 4 is 29.1 Å². The molecule has 200 valence electrons. The number of halogens is 6. The van der Waals surface area contributed by atoms with E-state index in [2.05, 4.69) is 10.4 Å². The molecule has 0 fully saturated rings. The number of carbonyl (C=O) groups excluding carboxylic acids is 2. The highest BCUT2D eigenvalue weighted by Gasteiger charge is 2.36. The molecule has 0 saturated carbocycles. The minimum Gasteiger partial charge on any atom is -0.350 e. The van der Waals surface area contributed by atoms with E-state index < -0.39 is 53.8 Å². The fourth-order valence-corrected chi connectivity index (χ4v) is 3.73. The Bertz CT molecular complexity index is 1330. The Labute approximate surface area is 220 Å². The number of nitrogens with zero attached hydrogens (tertiary/aromatic N) is 2. The molecule has 3 aromatic carbocycles. The van der Waals surface area contributed by atoms with Crippen LogP contribution in [0.25, 0.3) is 0 Å². The topological polar surface area (TPSA) is 61.8 Å². The van der Waals surface area contributed by atoms with E-state index in [1.165, 1.54) is 18.2 Å². The van der Waals surface area contributed by atoms with Gasteiger partial charge in [0.25, 0.3) is 0 Å². The first-order chi connectivity index (χ1) is 18.0. The minimum absolute atomic E-state index is 0.0391. The average Bonchev–Trinajstić information content (AvgIpc) is 2.86. The third-order valence-electron chi connectivity index (χ3n) is 5.54. The van der Waals surface area contributed by atoms with Crippen LogP contribution in [0.2, 0.25) is 5.02 Å². The number of hydrogen-bond donors (Lipinski definition) is 1. The molecule has 0 heterocycles. The van der Waals surface area contributed by atoms with Gasteiger partial charge in [-0.1, -0.05) is 54.1 Å². The van der Waals surface area contributed by atoms with Gasteiger partial charge in [-0.3, -0.25) is 9.59 Å². The number of benzene rings is 3. The van der Waals surface area contributed by atoms with Gasteiger partial charge in [-0.05, 0) is 54.3 Å². The first-order valence-electron chi connectivity index (χ1n) is 11.4. The van der Waals surface area contributed by atoms with E-state index in [0.29, 0.717) is 27.9 Å². The van der Waals surface area contributed by atoms with Gasteiger partial charge in [-0.25, -0.2) is 13.8 Å². The number of hydrazone groups is 1. The van der Waals surface area contributed by atoms with Gasteiger partial charge in [0.2, 0.25) is 11.8 Å². The first-order valence-corrected chi connectivity index (χ1v) is 11.8. The van der Waals surface area contributed by atoms with Gasteiger partial charge >= 0.3 is 6.18 Å². The summed E-state index contributed by atoms with van der Waals surface area (Å²) in [6.07, 6.45) is -5.11. The second-order valence-corrected chi connectivity index (χ2v) is 8.72. The fourth-order valence-electron chi connectivity index (χ4n) is 3.60. The van der Waals surface area contributed by atoms with Crippen molar-refractivity contribution in [3.05, 3.63) is 106 Å². The minimum atomic E-state index is -4.96. The van der Waals surface area contributed by atoms with E-state index in [1.54, 1.807) is 37.3 Å². The molecule has 2 amide bonds. The van der Waals surface area contributed by atoms with Crippen LogP contribution in [0.5, 0.6) is 0 Å². The fraction of sp³-hybridized carbons (Fsp3) is 0.222. The molecule has 3 aromatic rings. The average molecular weight is 552 g/mol. The van der Waals surface area contributed by atoms with Crippen LogP contribution in [0.1, 0.15) is 35.6 Å². The second kappa shape index (κ2) is 12.6. The van der Waals surface area contributed by atoms with Crippen LogP contribution in [0.4, 0.5) is 22.0 Å². The molecule has 0 aliphatic rings. The molecule has 5 nitrogen and oxygen atoms in total. The second-order valence-electron chi connectivity index (χ2n) is 8.28. The summed E-state index contributed by atoms with van der Waals surface area (Å²) in [7, 11) is 0. The van der Waals surface area contributed by atoms with Crippen molar-refractivity contribution in [2.24, 2.45) is 5.10 Å². The standard InChI is InChI=1S/C27H23ClF5N3O2/c1-17(18-9-12-21(28)13-10-18)35-36(25(38)14-11-19-5-2-3-7-22(19)29)16-24(37)34-15-20-6-4-8-23(30)26(20)27(31,32)33/h2-10,12-13H,11,14-16H2,1H3,(H,34,37)/b35-17+. The highest BCUT2D eigenvalue weighted by molar-refractivity contribution is 6.30. The van der Waals surface area contributed by atoms with Crippen molar-refractivity contribution in [1.29, 1.82) is 0 Å². The van der Waals surface area contributed by atoms with Gasteiger partial charge < -0.3 is 5.32 Å². The maximum atomic E-state index is 14.0. The molecular weight excluding hydrogens is 529 g/mol. The lowest BCUT2D eigenvalue weighted by atomic mass is 10.1. The Kier molecular flexibility index (Phi) is 9.57. The van der Waals surface area contributed by atoms with Crippen molar-refractivity contribution in [3.63, 3.8) is 0 Å². The lowest BCUT2D eigenvalue weighted by Crippen LogP contribution is -2.38. The molecule has 0 aromatic heterocycles. The van der Waals surface area contributed by atoms with E-state index in [-0.39, 0.29) is 12.8 Å². The zero-order valence-corrected chi connectivity index (χ0v) is 20.9. The maximum Gasteiger partial charge on any atom is 0.419 e. The molecule has 0 atom stereocenters. The molecule has 0 aliphatic heterocycles. The summed E-state index contributed by atoms with van der Waals surface area (Å²) in [6.45, 7) is 0.348. The van der Waals surface area contributed by atoms with Crippen LogP contribution in [-0.2, 0) is 28.7 Å². The third kappa shape index (κ3) is 7.85. The van der Waals surface area contributed by atoms with Crippen molar-refractivity contribution in [1.82, 2.24) is 10.3 Å². The normalized spacial score (nSPS) is 11.8. The zero-order valence-electron chi connectivity index (χ0n) is 20.2. The van der Waals surface area contributed by atoms with Crippen LogP contribution in [-0.4, -0.2) is 29.1 Å². The third-order valence-corrected chi connectivity index (χ3v) is 5.79. The van der Waals surface area contributed by atoms with Crippen LogP contribution in [0.15, 0.2) is 71.8 Å². The lowest BCUT2D eigenvalue weighted by Gasteiger charge is -2.19. The lowest BCUT2D eigenvalue weighted by molar-refractivity contribution is -0.141. The number of rotatable bonds is 9. The molecule has 0 saturated heterocycles. The summed E-state index contributed by atoms with van der Waals surface area (Å²) in [4.78, 5) is 25.6. The highest BCUT2D eigenvalue weighted by Crippen LogP contribution is 2.34. The van der Waals surface area contributed by atoms with E-state index in [4.69, 9.17) is 11.6 Å². The van der Waals surface area contributed by atoms with Crippen LogP contribution in [0, 0.1) is 11.6 Å². The zero-order chi connectivity index (χ0) is 27.9. The quantitative estimate of drug-likeness (QED) is 0.197. The molecular formula is C27H23ClF5N3O2. The van der Waals surface area contributed by atoms with E-state index in [9.17, 15) is 31.5 Å². The largest absolute Gasteiger partial charge is 0.419 e. The Balaban J connectivity index is 1.77. The van der Waals surface area contributed by atoms with Crippen LogP contribution < -0.4 is 5.32 Å². The van der Waals surface area contributed by atoms with E-state index in [0.717, 1.165) is 17.1 Å². The van der Waals surface area contributed by atoms with Crippen molar-refractivity contribution in [2.75, 3.05) is 6.54 Å². The Morgan fingerprint density at radius 1 is 0.921 bits per heavy atom. The number of nitrogens with one attached hydrogen (secondary N) is 1. The van der Waals surface area contributed by atoms with Gasteiger partial charge in [-0.2, -0.15) is 18.3 Å². The number of alkyl halides is 3. The van der Waals surface area contributed by atoms with Crippen LogP contribution in [0.3, 0.4) is 0 Å². The Morgan fingerprint density at radius 2 is 1.55 bits per heavy atom. The Hall–Kier alpha value is -3.79. The number of hydrogen-bond acceptors (Lipinski definition) is 3. The summed E-state index contributed by atoms with van der Waals surface area (Å²) in [6, 6.07) is 15.3. The first kappa shape index (κ1) is 28.8. The highest BCUT2D eigenvalue weighted by atomic mass is 35.5. The molecule has 38 heavy (non-hydrogen) atoms. The number of amides is 2. The number of carbonyl (C=O) groups is 2. The van der Waals surface area contributed by atoms with Gasteiger partial charge in [0.15, 0.2) is 0 Å². The summed E-state index contributed by atoms with van der Waals surface area (Å²) in [5.41, 5.74) is -0.678. The summed E-state index contributed by atoms with van der Waals surface area (Å²) >= 11 is 5.91. The van der Waals surface area contributed by atoms with Crippen molar-refractivity contribution in [3.8, 4) is 0 Å². The molecule has 3 rings (SSSR count). The smallest absolute Gasteiger partial charge is 0.350 e. The Morgan fingerprint density at radius 3 is 2.21 bits per heavy atom. The van der Waals surface area contributed by atoms with Crippen molar-refractivity contribution < 1.29 is 31.5 Å². The number of aryl methyl sites for hydroxylation is 1. The molecule has 0 radical (unpaired) electrons. The van der Waals surface area contributed by atoms with Gasteiger partial charge in [0.05, 0.1) is 11.3 Å². The molecule has 0 bridgehead atoms. The SMILES string of the molecule is C/C(=N\N(CC(=O)NCc1cccc(F)c1C(F)(F)F)C(=O)CCc1ccccc1F)c1ccc(Cl)cc1. The summed E-state index contributed by atoms with van der Waals surface area (Å²) in [5.74, 6) is -3.38. The molecule has 0 unspecified atom stereocenters. The van der Waals surface area contributed by atoms with E-state index >= 15 is 0 Å². The summed E-state index contributed by atoms with van der Waals surface area (Å²) in [5, 5.41) is 7.87. The van der Waals surface area contributed by atoms with Gasteiger partial charge in [0.1, 0.15) is 18.2 Å². The maximum absolute atomic E-state index is 14.0. The monoisotopic (exact) mass is 551 g/mol. The molecule has 0 aliphatic carbocycles. The predicted molar refractivity (Wildman–Crippen MR) is 133 cm³/mol. The predicted octanol–water partition coefficient (Wildman–Crippen LogP) is 6.14. The van der Waals surface area contributed by atoms with Gasteiger partial charge in [-0.15, -0.1) is 0 Å². The van der Waals surface area contributed by atoms with Gasteiger partial charge in [0, 0.05) is 18.0 Å². The van der Waals surface area contributed by atoms with E-state index in [1.807, 2.05) is 0 Å². The van der Waals surface area contributed by atoms with Crippen LogP contribution >= 0.6 is 11.6 Å². The molecule has 1 N–H and O–H groups in total.